The third kappa shape index (κ3) is 1.44. The van der Waals surface area contributed by atoms with Gasteiger partial charge in [-0.2, -0.15) is 5.10 Å². The van der Waals surface area contributed by atoms with Crippen molar-refractivity contribution in [3.63, 3.8) is 0 Å². The van der Waals surface area contributed by atoms with Gasteiger partial charge in [0.25, 0.3) is 0 Å². The number of hydrogen-bond donors (Lipinski definition) is 1. The van der Waals surface area contributed by atoms with E-state index in [-0.39, 0.29) is 0 Å². The molecular weight excluding hydrogens is 224 g/mol. The molecular formula is C11H7ClN4. The molecule has 0 amide bonds. The van der Waals surface area contributed by atoms with Crippen molar-refractivity contribution in [1.29, 1.82) is 0 Å². The van der Waals surface area contributed by atoms with Crippen molar-refractivity contribution in [3.8, 4) is 11.4 Å². The van der Waals surface area contributed by atoms with Crippen LogP contribution in [0.4, 0.5) is 0 Å². The summed E-state index contributed by atoms with van der Waals surface area (Å²) in [5, 5.41) is 8.15. The summed E-state index contributed by atoms with van der Waals surface area (Å²) in [6.07, 6.45) is 1.47. The second kappa shape index (κ2) is 3.57. The number of nitrogens with one attached hydrogen (secondary N) is 1. The summed E-state index contributed by atoms with van der Waals surface area (Å²) in [6, 6.07) is 9.58. The molecule has 0 unspecified atom stereocenters. The molecule has 5 heteroatoms. The van der Waals surface area contributed by atoms with Crippen molar-refractivity contribution in [1.82, 2.24) is 20.2 Å². The second-order valence-electron chi connectivity index (χ2n) is 3.35. The number of para-hydroxylation sites is 1. The van der Waals surface area contributed by atoms with E-state index >= 15 is 0 Å². The maximum absolute atomic E-state index is 5.89. The van der Waals surface area contributed by atoms with Gasteiger partial charge in [-0.3, -0.25) is 5.10 Å². The van der Waals surface area contributed by atoms with Gasteiger partial charge in [0.2, 0.25) is 0 Å². The van der Waals surface area contributed by atoms with Crippen LogP contribution in [0.5, 0.6) is 0 Å². The fraction of sp³-hybridized carbons (Fsp3) is 0. The lowest BCUT2D eigenvalue weighted by Crippen LogP contribution is -1.87. The Bertz CT molecular complexity index is 634. The number of aromatic amines is 1. The highest BCUT2D eigenvalue weighted by atomic mass is 35.5. The lowest BCUT2D eigenvalue weighted by molar-refractivity contribution is 1.10. The normalized spacial score (nSPS) is 10.8. The molecule has 4 nitrogen and oxygen atoms in total. The molecule has 0 saturated heterocycles. The number of aromatic nitrogens is 4. The van der Waals surface area contributed by atoms with E-state index < -0.39 is 0 Å². The zero-order valence-electron chi connectivity index (χ0n) is 8.18. The summed E-state index contributed by atoms with van der Waals surface area (Å²) in [4.78, 5) is 8.43. The third-order valence-electron chi connectivity index (χ3n) is 2.36. The number of halogens is 1. The number of benzene rings is 1. The Morgan fingerprint density at radius 2 is 2.06 bits per heavy atom. The van der Waals surface area contributed by atoms with Crippen LogP contribution in [0, 0.1) is 0 Å². The monoisotopic (exact) mass is 230 g/mol. The maximum atomic E-state index is 5.89. The van der Waals surface area contributed by atoms with Crippen LogP contribution >= 0.6 is 11.6 Å². The highest BCUT2D eigenvalue weighted by Gasteiger charge is 2.07. The van der Waals surface area contributed by atoms with Crippen LogP contribution < -0.4 is 0 Å². The minimum absolute atomic E-state index is 0.472. The van der Waals surface area contributed by atoms with E-state index in [2.05, 4.69) is 20.2 Å². The van der Waals surface area contributed by atoms with Crippen molar-refractivity contribution < 1.29 is 0 Å². The minimum atomic E-state index is 0.472. The van der Waals surface area contributed by atoms with Crippen LogP contribution in [-0.4, -0.2) is 20.2 Å². The molecule has 78 valence electrons. The number of rotatable bonds is 1. The first-order valence-corrected chi connectivity index (χ1v) is 5.13. The number of fused-ring (bicyclic) bond motifs is 1. The van der Waals surface area contributed by atoms with Crippen LogP contribution in [0.3, 0.4) is 0 Å². The topological polar surface area (TPSA) is 54.5 Å². The molecule has 1 N–H and O–H groups in total. The number of nitrogens with zero attached hydrogens (tertiary/aromatic N) is 3. The molecule has 0 aliphatic heterocycles. The number of pyridine rings is 1. The molecule has 3 aromatic rings. The van der Waals surface area contributed by atoms with E-state index in [1.54, 1.807) is 6.07 Å². The van der Waals surface area contributed by atoms with E-state index in [1.807, 2.05) is 24.3 Å². The molecule has 16 heavy (non-hydrogen) atoms. The molecule has 0 bridgehead atoms. The van der Waals surface area contributed by atoms with Gasteiger partial charge in [-0.1, -0.05) is 23.7 Å². The lowest BCUT2D eigenvalue weighted by Gasteiger charge is -2.02. The van der Waals surface area contributed by atoms with Gasteiger partial charge in [0.1, 0.15) is 11.5 Å². The SMILES string of the molecule is Clc1ccc2cccc(-c3ncn[nH]3)c2n1. The Morgan fingerprint density at radius 3 is 2.88 bits per heavy atom. The minimum Gasteiger partial charge on any atom is -0.259 e. The molecule has 0 aliphatic rings. The van der Waals surface area contributed by atoms with Crippen molar-refractivity contribution in [2.75, 3.05) is 0 Å². The highest BCUT2D eigenvalue weighted by molar-refractivity contribution is 6.29. The van der Waals surface area contributed by atoms with Gasteiger partial charge < -0.3 is 0 Å². The molecule has 1 aromatic carbocycles. The zero-order valence-corrected chi connectivity index (χ0v) is 8.94. The fourth-order valence-electron chi connectivity index (χ4n) is 1.65. The van der Waals surface area contributed by atoms with Crippen LogP contribution in [0.1, 0.15) is 0 Å². The molecule has 2 heterocycles. The first kappa shape index (κ1) is 9.30. The predicted octanol–water partition coefficient (Wildman–Crippen LogP) is 2.67. The number of hydrogen-bond acceptors (Lipinski definition) is 3. The summed E-state index contributed by atoms with van der Waals surface area (Å²) < 4.78 is 0. The van der Waals surface area contributed by atoms with Gasteiger partial charge in [-0.25, -0.2) is 9.97 Å². The largest absolute Gasteiger partial charge is 0.259 e. The van der Waals surface area contributed by atoms with Crippen molar-refractivity contribution in [3.05, 3.63) is 41.8 Å². The van der Waals surface area contributed by atoms with E-state index in [1.165, 1.54) is 6.33 Å². The molecule has 0 radical (unpaired) electrons. The first-order chi connectivity index (χ1) is 7.84. The fourth-order valence-corrected chi connectivity index (χ4v) is 1.80. The maximum Gasteiger partial charge on any atom is 0.157 e. The van der Waals surface area contributed by atoms with Gasteiger partial charge in [0.15, 0.2) is 5.82 Å². The van der Waals surface area contributed by atoms with Crippen molar-refractivity contribution >= 4 is 22.5 Å². The van der Waals surface area contributed by atoms with Gasteiger partial charge in [-0.05, 0) is 18.2 Å². The second-order valence-corrected chi connectivity index (χ2v) is 3.73. The van der Waals surface area contributed by atoms with Crippen LogP contribution in [-0.2, 0) is 0 Å². The van der Waals surface area contributed by atoms with Crippen molar-refractivity contribution in [2.24, 2.45) is 0 Å². The average molecular weight is 231 g/mol. The zero-order chi connectivity index (χ0) is 11.0. The average Bonchev–Trinajstić information content (AvgIpc) is 2.81. The van der Waals surface area contributed by atoms with Gasteiger partial charge >= 0.3 is 0 Å². The lowest BCUT2D eigenvalue weighted by atomic mass is 10.1. The summed E-state index contributed by atoms with van der Waals surface area (Å²) in [5.74, 6) is 0.695. The molecule has 0 spiro atoms. The predicted molar refractivity (Wildman–Crippen MR) is 62.1 cm³/mol. The van der Waals surface area contributed by atoms with Crippen LogP contribution in [0.15, 0.2) is 36.7 Å². The Hall–Kier alpha value is -1.94. The highest BCUT2D eigenvalue weighted by Crippen LogP contribution is 2.25. The quantitative estimate of drug-likeness (QED) is 0.654. The first-order valence-electron chi connectivity index (χ1n) is 4.75. The van der Waals surface area contributed by atoms with Crippen molar-refractivity contribution in [2.45, 2.75) is 0 Å². The van der Waals surface area contributed by atoms with Gasteiger partial charge in [0, 0.05) is 10.9 Å². The van der Waals surface area contributed by atoms with E-state index in [9.17, 15) is 0 Å². The summed E-state index contributed by atoms with van der Waals surface area (Å²) in [7, 11) is 0. The van der Waals surface area contributed by atoms with E-state index in [0.29, 0.717) is 11.0 Å². The third-order valence-corrected chi connectivity index (χ3v) is 2.57. The molecule has 0 aliphatic carbocycles. The van der Waals surface area contributed by atoms with Gasteiger partial charge in [-0.15, -0.1) is 0 Å². The Kier molecular flexibility index (Phi) is 2.08. The van der Waals surface area contributed by atoms with E-state index in [0.717, 1.165) is 16.5 Å². The van der Waals surface area contributed by atoms with E-state index in [4.69, 9.17) is 11.6 Å². The Labute approximate surface area is 96.3 Å². The standard InChI is InChI=1S/C11H7ClN4/c12-9-5-4-7-2-1-3-8(10(7)15-9)11-13-6-14-16-11/h1-6H,(H,13,14,16). The molecule has 3 rings (SSSR count). The smallest absolute Gasteiger partial charge is 0.157 e. The summed E-state index contributed by atoms with van der Waals surface area (Å²) in [6.45, 7) is 0. The Balaban J connectivity index is 2.36. The molecule has 0 atom stereocenters. The summed E-state index contributed by atoms with van der Waals surface area (Å²) >= 11 is 5.89. The molecule has 0 saturated carbocycles. The molecule has 0 fully saturated rings. The van der Waals surface area contributed by atoms with Crippen LogP contribution in [0.2, 0.25) is 5.15 Å². The Morgan fingerprint density at radius 1 is 1.12 bits per heavy atom. The number of H-pyrrole nitrogens is 1. The van der Waals surface area contributed by atoms with Gasteiger partial charge in [0.05, 0.1) is 5.52 Å². The summed E-state index contributed by atoms with van der Waals surface area (Å²) in [5.41, 5.74) is 1.73. The van der Waals surface area contributed by atoms with Crippen LogP contribution in [0.25, 0.3) is 22.3 Å². The molecule has 2 aromatic heterocycles.